The Morgan fingerprint density at radius 2 is 2.14 bits per heavy atom. The van der Waals surface area contributed by atoms with Gasteiger partial charge >= 0.3 is 5.97 Å². The van der Waals surface area contributed by atoms with Crippen LogP contribution in [0.3, 0.4) is 0 Å². The van der Waals surface area contributed by atoms with Crippen molar-refractivity contribution in [2.24, 2.45) is 5.41 Å². The van der Waals surface area contributed by atoms with E-state index in [4.69, 9.17) is 5.11 Å². The van der Waals surface area contributed by atoms with E-state index in [0.29, 0.717) is 12.1 Å². The number of amides is 1. The molecule has 0 saturated heterocycles. The summed E-state index contributed by atoms with van der Waals surface area (Å²) in [6.45, 7) is 1.37. The predicted molar refractivity (Wildman–Crippen MR) is 79.5 cm³/mol. The SMILES string of the molecule is O=C(O)CC1(CNC(=O)c2ccc3c(c2)CCN3)CCC1. The third-order valence-electron chi connectivity index (χ3n) is 4.64. The Kier molecular flexibility index (Phi) is 3.57. The largest absolute Gasteiger partial charge is 0.481 e. The number of aliphatic carboxylic acids is 1. The summed E-state index contributed by atoms with van der Waals surface area (Å²) in [6.07, 6.45) is 3.90. The Labute approximate surface area is 123 Å². The first-order chi connectivity index (χ1) is 10.1. The zero-order valence-corrected chi connectivity index (χ0v) is 11.9. The van der Waals surface area contributed by atoms with E-state index in [1.54, 1.807) is 0 Å². The molecule has 1 heterocycles. The number of anilines is 1. The summed E-state index contributed by atoms with van der Waals surface area (Å²) >= 11 is 0. The molecular weight excluding hydrogens is 268 g/mol. The minimum atomic E-state index is -0.785. The standard InChI is InChI=1S/C16H20N2O3/c19-14(20)9-16(5-1-6-16)10-18-15(21)12-2-3-13-11(8-12)4-7-17-13/h2-3,8,17H,1,4-7,9-10H2,(H,18,21)(H,19,20). The minimum Gasteiger partial charge on any atom is -0.481 e. The molecule has 5 heteroatoms. The molecule has 1 aliphatic carbocycles. The topological polar surface area (TPSA) is 78.4 Å². The number of hydrogen-bond donors (Lipinski definition) is 3. The molecule has 1 saturated carbocycles. The van der Waals surface area contributed by atoms with E-state index >= 15 is 0 Å². The zero-order valence-electron chi connectivity index (χ0n) is 11.9. The van der Waals surface area contributed by atoms with Crippen molar-refractivity contribution in [2.75, 3.05) is 18.4 Å². The van der Waals surface area contributed by atoms with Gasteiger partial charge in [0.15, 0.2) is 0 Å². The lowest BCUT2D eigenvalue weighted by molar-refractivity contribution is -0.141. The Morgan fingerprint density at radius 1 is 1.33 bits per heavy atom. The number of carboxylic acids is 1. The molecule has 3 N–H and O–H groups in total. The lowest BCUT2D eigenvalue weighted by Crippen LogP contribution is -2.43. The van der Waals surface area contributed by atoms with Gasteiger partial charge in [-0.1, -0.05) is 6.42 Å². The van der Waals surface area contributed by atoms with Crippen LogP contribution in [0.15, 0.2) is 18.2 Å². The fourth-order valence-corrected chi connectivity index (χ4v) is 3.23. The van der Waals surface area contributed by atoms with Gasteiger partial charge < -0.3 is 15.7 Å². The van der Waals surface area contributed by atoms with Crippen LogP contribution in [-0.4, -0.2) is 30.1 Å². The van der Waals surface area contributed by atoms with Crippen LogP contribution in [0, 0.1) is 5.41 Å². The number of carbonyl (C=O) groups is 2. The van der Waals surface area contributed by atoms with E-state index in [-0.39, 0.29) is 17.7 Å². The Bertz CT molecular complexity index is 579. The van der Waals surface area contributed by atoms with Crippen molar-refractivity contribution < 1.29 is 14.7 Å². The fourth-order valence-electron chi connectivity index (χ4n) is 3.23. The number of carboxylic acid groups (broad SMARTS) is 1. The summed E-state index contributed by atoms with van der Waals surface area (Å²) in [5.74, 6) is -0.895. The molecule has 2 aliphatic rings. The summed E-state index contributed by atoms with van der Waals surface area (Å²) in [5.41, 5.74) is 2.70. The minimum absolute atomic E-state index is 0.110. The zero-order chi connectivity index (χ0) is 14.9. The smallest absolute Gasteiger partial charge is 0.303 e. The van der Waals surface area contributed by atoms with E-state index in [9.17, 15) is 9.59 Å². The second-order valence-corrected chi connectivity index (χ2v) is 6.16. The van der Waals surface area contributed by atoms with Crippen molar-refractivity contribution in [3.63, 3.8) is 0 Å². The highest BCUT2D eigenvalue weighted by molar-refractivity contribution is 5.95. The van der Waals surface area contributed by atoms with Gasteiger partial charge in [0.1, 0.15) is 0 Å². The third kappa shape index (κ3) is 2.86. The molecule has 1 aromatic carbocycles. The lowest BCUT2D eigenvalue weighted by atomic mass is 9.66. The number of fused-ring (bicyclic) bond motifs is 1. The molecule has 1 fully saturated rings. The second-order valence-electron chi connectivity index (χ2n) is 6.16. The lowest BCUT2D eigenvalue weighted by Gasteiger charge is -2.40. The van der Waals surface area contributed by atoms with Gasteiger partial charge in [0.05, 0.1) is 6.42 Å². The molecule has 21 heavy (non-hydrogen) atoms. The second kappa shape index (κ2) is 5.39. The molecule has 0 bridgehead atoms. The molecule has 0 unspecified atom stereocenters. The van der Waals surface area contributed by atoms with Gasteiger partial charge in [-0.25, -0.2) is 0 Å². The van der Waals surface area contributed by atoms with Gasteiger partial charge in [-0.15, -0.1) is 0 Å². The van der Waals surface area contributed by atoms with Crippen LogP contribution in [0.5, 0.6) is 0 Å². The molecule has 1 aliphatic heterocycles. The maximum Gasteiger partial charge on any atom is 0.303 e. The first-order valence-corrected chi connectivity index (χ1v) is 7.45. The van der Waals surface area contributed by atoms with Crippen LogP contribution >= 0.6 is 0 Å². The van der Waals surface area contributed by atoms with Crippen molar-refractivity contribution >= 4 is 17.6 Å². The summed E-state index contributed by atoms with van der Waals surface area (Å²) in [7, 11) is 0. The summed E-state index contributed by atoms with van der Waals surface area (Å²) in [5, 5.41) is 15.2. The van der Waals surface area contributed by atoms with Crippen molar-refractivity contribution in [1.82, 2.24) is 5.32 Å². The van der Waals surface area contributed by atoms with E-state index in [0.717, 1.165) is 37.9 Å². The highest BCUT2D eigenvalue weighted by atomic mass is 16.4. The Balaban J connectivity index is 1.62. The maximum atomic E-state index is 12.2. The summed E-state index contributed by atoms with van der Waals surface area (Å²) in [4.78, 5) is 23.2. The molecule has 0 radical (unpaired) electrons. The first-order valence-electron chi connectivity index (χ1n) is 7.45. The average Bonchev–Trinajstić information content (AvgIpc) is 2.88. The van der Waals surface area contributed by atoms with Crippen LogP contribution in [-0.2, 0) is 11.2 Å². The van der Waals surface area contributed by atoms with Gasteiger partial charge in [0.2, 0.25) is 0 Å². The number of hydrogen-bond acceptors (Lipinski definition) is 3. The summed E-state index contributed by atoms with van der Waals surface area (Å²) in [6, 6.07) is 5.68. The molecule has 0 spiro atoms. The van der Waals surface area contributed by atoms with Crippen molar-refractivity contribution in [3.8, 4) is 0 Å². The van der Waals surface area contributed by atoms with Crippen molar-refractivity contribution in [3.05, 3.63) is 29.3 Å². The van der Waals surface area contributed by atoms with Gasteiger partial charge in [-0.2, -0.15) is 0 Å². The van der Waals surface area contributed by atoms with Crippen molar-refractivity contribution in [2.45, 2.75) is 32.1 Å². The molecule has 1 aromatic rings. The molecule has 112 valence electrons. The van der Waals surface area contributed by atoms with Crippen LogP contribution in [0.4, 0.5) is 5.69 Å². The highest BCUT2D eigenvalue weighted by Gasteiger charge is 2.39. The molecule has 1 amide bonds. The van der Waals surface area contributed by atoms with E-state index < -0.39 is 5.97 Å². The quantitative estimate of drug-likeness (QED) is 0.774. The Hall–Kier alpha value is -2.04. The molecule has 0 aromatic heterocycles. The highest BCUT2D eigenvalue weighted by Crippen LogP contribution is 2.43. The molecular formula is C16H20N2O3. The number of nitrogens with one attached hydrogen (secondary N) is 2. The third-order valence-corrected chi connectivity index (χ3v) is 4.64. The molecule has 3 rings (SSSR count). The van der Waals surface area contributed by atoms with E-state index in [2.05, 4.69) is 10.6 Å². The van der Waals surface area contributed by atoms with Crippen LogP contribution < -0.4 is 10.6 Å². The molecule has 0 atom stereocenters. The Morgan fingerprint density at radius 3 is 2.81 bits per heavy atom. The molecule has 5 nitrogen and oxygen atoms in total. The summed E-state index contributed by atoms with van der Waals surface area (Å²) < 4.78 is 0. The predicted octanol–water partition coefficient (Wildman–Crippen LogP) is 2.03. The van der Waals surface area contributed by atoms with Crippen LogP contribution in [0.2, 0.25) is 0 Å². The van der Waals surface area contributed by atoms with Gasteiger partial charge in [-0.3, -0.25) is 9.59 Å². The average molecular weight is 288 g/mol. The number of rotatable bonds is 5. The van der Waals surface area contributed by atoms with Crippen LogP contribution in [0.25, 0.3) is 0 Å². The fraction of sp³-hybridized carbons (Fsp3) is 0.500. The van der Waals surface area contributed by atoms with E-state index in [1.807, 2.05) is 18.2 Å². The number of carbonyl (C=O) groups excluding carboxylic acids is 1. The normalized spacial score (nSPS) is 18.3. The van der Waals surface area contributed by atoms with Crippen molar-refractivity contribution in [1.29, 1.82) is 0 Å². The maximum absolute atomic E-state index is 12.2. The van der Waals surface area contributed by atoms with Gasteiger partial charge in [0.25, 0.3) is 5.91 Å². The van der Waals surface area contributed by atoms with E-state index in [1.165, 1.54) is 5.56 Å². The number of benzene rings is 1. The monoisotopic (exact) mass is 288 g/mol. The van der Waals surface area contributed by atoms with Crippen LogP contribution in [0.1, 0.15) is 41.6 Å². The van der Waals surface area contributed by atoms with Gasteiger partial charge in [0, 0.05) is 24.3 Å². The van der Waals surface area contributed by atoms with Gasteiger partial charge in [-0.05, 0) is 48.4 Å². The first kappa shape index (κ1) is 13.9.